The summed E-state index contributed by atoms with van der Waals surface area (Å²) >= 11 is 0. The van der Waals surface area contributed by atoms with E-state index in [1.165, 1.54) is 6.20 Å². The van der Waals surface area contributed by atoms with E-state index in [4.69, 9.17) is 11.5 Å². The molecule has 3 heterocycles. The molecule has 4 rings (SSSR count). The van der Waals surface area contributed by atoms with Crippen LogP contribution in [-0.4, -0.2) is 43.2 Å². The van der Waals surface area contributed by atoms with Crippen LogP contribution in [0.2, 0.25) is 0 Å². The fourth-order valence-corrected chi connectivity index (χ4v) is 3.12. The van der Waals surface area contributed by atoms with Gasteiger partial charge in [0.05, 0.1) is 18.1 Å². The fraction of sp³-hybridized carbons (Fsp3) is 0.200. The third-order valence-electron chi connectivity index (χ3n) is 4.53. The number of amides is 1. The molecule has 0 aliphatic rings. The minimum absolute atomic E-state index is 0.0463. The monoisotopic (exact) mass is 390 g/mol. The minimum atomic E-state index is -0.638. The molecule has 1 unspecified atom stereocenters. The molecule has 3 aromatic heterocycles. The Bertz CT molecular complexity index is 1190. The lowest BCUT2D eigenvalue weighted by Gasteiger charge is -2.10. The summed E-state index contributed by atoms with van der Waals surface area (Å²) in [4.78, 5) is 23.9. The molecule has 1 amide bonds. The van der Waals surface area contributed by atoms with Gasteiger partial charge >= 0.3 is 0 Å². The van der Waals surface area contributed by atoms with Gasteiger partial charge in [0, 0.05) is 42.3 Å². The molecule has 1 aromatic carbocycles. The molecule has 6 N–H and O–H groups in total. The number of fused-ring (bicyclic) bond motifs is 1. The topological polar surface area (TPSA) is 141 Å². The van der Waals surface area contributed by atoms with Crippen LogP contribution >= 0.6 is 0 Å². The summed E-state index contributed by atoms with van der Waals surface area (Å²) in [6.45, 7) is 2.42. The molecule has 0 aliphatic heterocycles. The predicted octanol–water partition coefficient (Wildman–Crippen LogP) is 1.88. The molecule has 4 aromatic rings. The van der Waals surface area contributed by atoms with E-state index in [9.17, 15) is 4.79 Å². The Labute approximate surface area is 167 Å². The Hall–Kier alpha value is -3.72. The standard InChI is InChI=1S/C20H22N8O/c1-11(21)7-23-17-9-24-19(20(22)29)18(27-17)16-6-13-5-12(3-4-15(13)26-16)14-8-25-28(2)10-14/h3-6,8-11,26H,7,21H2,1-2H3,(H2,22,29)(H,23,27). The molecule has 29 heavy (non-hydrogen) atoms. The predicted molar refractivity (Wildman–Crippen MR) is 112 cm³/mol. The summed E-state index contributed by atoms with van der Waals surface area (Å²) in [5.74, 6) is -0.113. The molecular formula is C20H22N8O. The molecule has 9 heteroatoms. The third-order valence-corrected chi connectivity index (χ3v) is 4.53. The van der Waals surface area contributed by atoms with E-state index in [0.717, 1.165) is 22.0 Å². The second-order valence-corrected chi connectivity index (χ2v) is 7.06. The number of hydrogen-bond acceptors (Lipinski definition) is 6. The maximum atomic E-state index is 11.9. The first-order valence-electron chi connectivity index (χ1n) is 9.19. The zero-order valence-corrected chi connectivity index (χ0v) is 16.2. The normalized spacial score (nSPS) is 12.2. The first-order valence-corrected chi connectivity index (χ1v) is 9.19. The Morgan fingerprint density at radius 1 is 1.28 bits per heavy atom. The van der Waals surface area contributed by atoms with Gasteiger partial charge in [0.2, 0.25) is 0 Å². The Kier molecular flexibility index (Phi) is 4.73. The van der Waals surface area contributed by atoms with E-state index >= 15 is 0 Å². The minimum Gasteiger partial charge on any atom is -0.367 e. The van der Waals surface area contributed by atoms with Gasteiger partial charge in [0.1, 0.15) is 11.5 Å². The number of hydrogen-bond donors (Lipinski definition) is 4. The first-order chi connectivity index (χ1) is 13.9. The molecular weight excluding hydrogens is 368 g/mol. The number of carbonyl (C=O) groups is 1. The van der Waals surface area contributed by atoms with Gasteiger partial charge < -0.3 is 21.8 Å². The average Bonchev–Trinajstić information content (AvgIpc) is 3.31. The summed E-state index contributed by atoms with van der Waals surface area (Å²) in [6, 6.07) is 7.94. The SMILES string of the molecule is CC(N)CNc1cnc(C(N)=O)c(-c2cc3cc(-c4cnn(C)c4)ccc3[nH]2)n1. The van der Waals surface area contributed by atoms with E-state index in [2.05, 4.69) is 31.4 Å². The van der Waals surface area contributed by atoms with Gasteiger partial charge in [-0.25, -0.2) is 9.97 Å². The van der Waals surface area contributed by atoms with Gasteiger partial charge in [0.15, 0.2) is 5.69 Å². The summed E-state index contributed by atoms with van der Waals surface area (Å²) in [5, 5.41) is 8.31. The van der Waals surface area contributed by atoms with Gasteiger partial charge in [-0.15, -0.1) is 0 Å². The number of anilines is 1. The van der Waals surface area contributed by atoms with Gasteiger partial charge in [-0.3, -0.25) is 9.48 Å². The highest BCUT2D eigenvalue weighted by atomic mass is 16.1. The first kappa shape index (κ1) is 18.6. The smallest absolute Gasteiger partial charge is 0.269 e. The van der Waals surface area contributed by atoms with Gasteiger partial charge in [0.25, 0.3) is 5.91 Å². The highest BCUT2D eigenvalue weighted by Gasteiger charge is 2.17. The van der Waals surface area contributed by atoms with Crippen LogP contribution in [0, 0.1) is 0 Å². The van der Waals surface area contributed by atoms with Crippen LogP contribution < -0.4 is 16.8 Å². The number of aromatic amines is 1. The van der Waals surface area contributed by atoms with Crippen molar-refractivity contribution in [3.8, 4) is 22.5 Å². The number of carbonyl (C=O) groups excluding carboxylic acids is 1. The second-order valence-electron chi connectivity index (χ2n) is 7.06. The highest BCUT2D eigenvalue weighted by Crippen LogP contribution is 2.29. The number of rotatable bonds is 6. The molecule has 0 aliphatic carbocycles. The van der Waals surface area contributed by atoms with Crippen molar-refractivity contribution < 1.29 is 4.79 Å². The van der Waals surface area contributed by atoms with E-state index in [-0.39, 0.29) is 11.7 Å². The summed E-state index contributed by atoms with van der Waals surface area (Å²) < 4.78 is 1.76. The number of nitrogens with two attached hydrogens (primary N) is 2. The highest BCUT2D eigenvalue weighted by molar-refractivity contribution is 5.98. The Morgan fingerprint density at radius 2 is 2.10 bits per heavy atom. The van der Waals surface area contributed by atoms with Crippen molar-refractivity contribution in [1.29, 1.82) is 0 Å². The lowest BCUT2D eigenvalue weighted by Crippen LogP contribution is -2.26. The number of nitrogens with one attached hydrogen (secondary N) is 2. The third kappa shape index (κ3) is 3.81. The fourth-order valence-electron chi connectivity index (χ4n) is 3.12. The second kappa shape index (κ2) is 7.36. The number of benzene rings is 1. The molecule has 0 spiro atoms. The van der Waals surface area contributed by atoms with Crippen LogP contribution in [0.15, 0.2) is 42.9 Å². The zero-order valence-electron chi connectivity index (χ0n) is 16.2. The van der Waals surface area contributed by atoms with Crippen LogP contribution in [0.25, 0.3) is 33.4 Å². The number of H-pyrrole nitrogens is 1. The van der Waals surface area contributed by atoms with Crippen LogP contribution in [-0.2, 0) is 7.05 Å². The lowest BCUT2D eigenvalue weighted by atomic mass is 10.1. The van der Waals surface area contributed by atoms with Crippen molar-refractivity contribution in [2.45, 2.75) is 13.0 Å². The zero-order chi connectivity index (χ0) is 20.5. The van der Waals surface area contributed by atoms with Crippen molar-refractivity contribution in [1.82, 2.24) is 24.7 Å². The summed E-state index contributed by atoms with van der Waals surface area (Å²) in [6.07, 6.45) is 5.26. The van der Waals surface area contributed by atoms with Crippen LogP contribution in [0.1, 0.15) is 17.4 Å². The molecule has 0 radical (unpaired) electrons. The quantitative estimate of drug-likeness (QED) is 0.396. The molecule has 1 atom stereocenters. The van der Waals surface area contributed by atoms with Gasteiger partial charge in [-0.2, -0.15) is 5.10 Å². The number of aryl methyl sites for hydroxylation is 1. The van der Waals surface area contributed by atoms with E-state index in [1.54, 1.807) is 4.68 Å². The van der Waals surface area contributed by atoms with E-state index in [1.807, 2.05) is 44.6 Å². The molecule has 0 fully saturated rings. The maximum Gasteiger partial charge on any atom is 0.269 e. The van der Waals surface area contributed by atoms with Gasteiger partial charge in [-0.1, -0.05) is 6.07 Å². The van der Waals surface area contributed by atoms with E-state index < -0.39 is 5.91 Å². The molecule has 148 valence electrons. The van der Waals surface area contributed by atoms with Crippen molar-refractivity contribution in [2.75, 3.05) is 11.9 Å². The van der Waals surface area contributed by atoms with Crippen LogP contribution in [0.5, 0.6) is 0 Å². The molecule has 0 saturated carbocycles. The number of aromatic nitrogens is 5. The van der Waals surface area contributed by atoms with E-state index in [0.29, 0.717) is 23.8 Å². The van der Waals surface area contributed by atoms with Crippen molar-refractivity contribution >= 4 is 22.6 Å². The largest absolute Gasteiger partial charge is 0.367 e. The lowest BCUT2D eigenvalue weighted by molar-refractivity contribution is 0.0996. The van der Waals surface area contributed by atoms with Crippen LogP contribution in [0.3, 0.4) is 0 Å². The van der Waals surface area contributed by atoms with Gasteiger partial charge in [-0.05, 0) is 30.7 Å². The molecule has 0 bridgehead atoms. The number of primary amides is 1. The molecule has 9 nitrogen and oxygen atoms in total. The Morgan fingerprint density at radius 3 is 2.79 bits per heavy atom. The van der Waals surface area contributed by atoms with Crippen LogP contribution in [0.4, 0.5) is 5.82 Å². The summed E-state index contributed by atoms with van der Waals surface area (Å²) in [7, 11) is 1.88. The van der Waals surface area contributed by atoms with Crippen molar-refractivity contribution in [2.24, 2.45) is 18.5 Å². The molecule has 0 saturated heterocycles. The summed E-state index contributed by atoms with van der Waals surface area (Å²) in [5.41, 5.74) is 15.5. The average molecular weight is 390 g/mol. The van der Waals surface area contributed by atoms with Crippen molar-refractivity contribution in [3.63, 3.8) is 0 Å². The van der Waals surface area contributed by atoms with Crippen molar-refractivity contribution in [3.05, 3.63) is 48.5 Å². The number of nitrogens with zero attached hydrogens (tertiary/aromatic N) is 4. The maximum absolute atomic E-state index is 11.9. The Balaban J connectivity index is 1.76.